The van der Waals surface area contributed by atoms with E-state index in [4.69, 9.17) is 19.4 Å². The molecular formula is C57H30N8O2Pt2. The summed E-state index contributed by atoms with van der Waals surface area (Å²) >= 11 is 0. The number of hydrogen-bond acceptors (Lipinski definition) is 7. The molecule has 0 aliphatic heterocycles. The third-order valence-corrected chi connectivity index (χ3v) is 12.4. The van der Waals surface area contributed by atoms with Gasteiger partial charge >= 0.3 is 42.1 Å². The summed E-state index contributed by atoms with van der Waals surface area (Å²) in [5.41, 5.74) is 7.00. The number of ether oxygens (including phenoxy) is 2. The molecule has 12 heteroatoms. The minimum absolute atomic E-state index is 0. The third-order valence-electron chi connectivity index (χ3n) is 12.4. The van der Waals surface area contributed by atoms with Gasteiger partial charge in [-0.3, -0.25) is 0 Å². The fraction of sp³-hybridized carbons (Fsp3) is 0. The largest absolute Gasteiger partial charge is 2.00 e. The van der Waals surface area contributed by atoms with E-state index in [-0.39, 0.29) is 42.1 Å². The summed E-state index contributed by atoms with van der Waals surface area (Å²) in [6.07, 6.45) is 2.95. The van der Waals surface area contributed by atoms with Crippen molar-refractivity contribution in [3.63, 3.8) is 0 Å². The first-order valence-corrected chi connectivity index (χ1v) is 21.7. The van der Waals surface area contributed by atoms with Crippen LogP contribution in [0.5, 0.6) is 23.0 Å². The smallest absolute Gasteiger partial charge is 0.509 e. The average molecular weight is 1250 g/mol. The van der Waals surface area contributed by atoms with E-state index in [2.05, 4.69) is 121 Å². The molecule has 0 saturated heterocycles. The Labute approximate surface area is 422 Å². The van der Waals surface area contributed by atoms with E-state index in [0.29, 0.717) is 40.0 Å². The Hall–Kier alpha value is -8.03. The molecule has 0 spiro atoms. The number of pyridine rings is 2. The Bertz CT molecular complexity index is 4060. The molecule has 0 saturated carbocycles. The van der Waals surface area contributed by atoms with Crippen LogP contribution in [0.3, 0.4) is 0 Å². The van der Waals surface area contributed by atoms with Crippen LogP contribution in [-0.2, 0) is 42.1 Å². The summed E-state index contributed by atoms with van der Waals surface area (Å²) < 4.78 is 19.4. The van der Waals surface area contributed by atoms with Gasteiger partial charge in [0.1, 0.15) is 24.3 Å². The van der Waals surface area contributed by atoms with Gasteiger partial charge in [-0.25, -0.2) is 24.9 Å². The number of rotatable bonds is 7. The van der Waals surface area contributed by atoms with Crippen molar-refractivity contribution in [2.24, 2.45) is 0 Å². The number of para-hydroxylation sites is 4. The van der Waals surface area contributed by atoms with Crippen molar-refractivity contribution in [1.29, 1.82) is 0 Å². The molecule has 10 nitrogen and oxygen atoms in total. The zero-order chi connectivity index (χ0) is 44.0. The Balaban J connectivity index is 0.00000246. The summed E-state index contributed by atoms with van der Waals surface area (Å²) in [5, 5.41) is 8.27. The summed E-state index contributed by atoms with van der Waals surface area (Å²) in [4.78, 5) is 23.3. The Morgan fingerprint density at radius 3 is 1.17 bits per heavy atom. The van der Waals surface area contributed by atoms with Crippen molar-refractivity contribution >= 4 is 87.2 Å². The van der Waals surface area contributed by atoms with Crippen LogP contribution in [0.25, 0.3) is 105 Å². The van der Waals surface area contributed by atoms with Crippen LogP contribution in [-0.4, -0.2) is 38.6 Å². The minimum Gasteiger partial charge on any atom is -0.509 e. The van der Waals surface area contributed by atoms with Gasteiger partial charge in [0, 0.05) is 44.8 Å². The second kappa shape index (κ2) is 16.9. The maximum absolute atomic E-state index is 6.60. The van der Waals surface area contributed by atoms with E-state index < -0.39 is 0 Å². The molecule has 14 aromatic rings. The molecule has 0 bridgehead atoms. The van der Waals surface area contributed by atoms with Crippen molar-refractivity contribution < 1.29 is 51.6 Å². The van der Waals surface area contributed by atoms with Gasteiger partial charge in [-0.1, -0.05) is 94.9 Å². The summed E-state index contributed by atoms with van der Waals surface area (Å²) in [6.45, 7) is 0. The van der Waals surface area contributed by atoms with E-state index in [1.165, 1.54) is 12.7 Å². The maximum atomic E-state index is 6.60. The topological polar surface area (TPSA) is 97.7 Å². The van der Waals surface area contributed by atoms with E-state index >= 15 is 0 Å². The third kappa shape index (κ3) is 6.97. The maximum Gasteiger partial charge on any atom is 2.00 e. The summed E-state index contributed by atoms with van der Waals surface area (Å²) in [6, 6.07) is 71.3. The van der Waals surface area contributed by atoms with Gasteiger partial charge in [0.15, 0.2) is 0 Å². The standard InChI is InChI=1S/C57H30N8O2.2Pt/c1-5-13-47-35(9-1)17-27-55(61-47)63-49-15-7-3-11-41(49)43-23-19-37(29-51(43)63)66-39-21-25-45-46-26-22-40(32-54(46)65(53(45)31-39)57-59-33-58-34-60-57)67-38-20-24-44-42-12-4-8-16-50(42)64(52(44)30-38)56-28-18-36-10-2-6-14-48(36)62-56;;/h1-28,33-34H;;/q-4;2*+2. The number of fused-ring (bicyclic) bond motifs is 11. The predicted octanol–water partition coefficient (Wildman–Crippen LogP) is 13.0. The van der Waals surface area contributed by atoms with Crippen molar-refractivity contribution in [3.8, 4) is 40.6 Å². The molecule has 0 N–H and O–H groups in total. The molecule has 8 aromatic carbocycles. The van der Waals surface area contributed by atoms with E-state index in [0.717, 1.165) is 87.8 Å². The SMILES string of the molecule is [Pt+2].[Pt+2].[c-]1c(Oc2[c-]c3c(cc2)c2ccccc2n3-c2ccc3ccccc3n2)ccc2c3ccc(Oc4[c-]c5c(cc4)c4ccccc4n5-c4ccc5ccccc5n4)[c-]c3n(-c3ncncn3)c12. The van der Waals surface area contributed by atoms with E-state index in [1.54, 1.807) is 0 Å². The molecule has 69 heavy (non-hydrogen) atoms. The minimum atomic E-state index is 0. The Morgan fingerprint density at radius 1 is 0.348 bits per heavy atom. The van der Waals surface area contributed by atoms with Crippen molar-refractivity contribution in [3.05, 3.63) is 207 Å². The zero-order valence-corrected chi connectivity index (χ0v) is 40.4. The van der Waals surface area contributed by atoms with Gasteiger partial charge < -0.3 is 23.2 Å². The van der Waals surface area contributed by atoms with Crippen molar-refractivity contribution in [2.75, 3.05) is 0 Å². The van der Waals surface area contributed by atoms with Crippen LogP contribution in [0.1, 0.15) is 0 Å². The van der Waals surface area contributed by atoms with Crippen LogP contribution in [0.4, 0.5) is 0 Å². The predicted molar refractivity (Wildman–Crippen MR) is 262 cm³/mol. The van der Waals surface area contributed by atoms with Gasteiger partial charge in [0.05, 0.1) is 11.0 Å². The zero-order valence-electron chi connectivity index (χ0n) is 35.8. The van der Waals surface area contributed by atoms with Crippen molar-refractivity contribution in [1.82, 2.24) is 38.6 Å². The van der Waals surface area contributed by atoms with E-state index in [9.17, 15) is 0 Å². The van der Waals surface area contributed by atoms with Gasteiger partial charge in [0.25, 0.3) is 0 Å². The van der Waals surface area contributed by atoms with E-state index in [1.807, 2.05) is 102 Å². The molecule has 14 rings (SSSR count). The summed E-state index contributed by atoms with van der Waals surface area (Å²) in [5.74, 6) is 4.04. The number of hydrogen-bond donors (Lipinski definition) is 0. The molecule has 6 heterocycles. The second-order valence-electron chi connectivity index (χ2n) is 16.2. The molecule has 330 valence electrons. The summed E-state index contributed by atoms with van der Waals surface area (Å²) in [7, 11) is 0. The van der Waals surface area contributed by atoms with Gasteiger partial charge in [-0.05, 0) is 59.3 Å². The molecule has 0 radical (unpaired) electrons. The first-order valence-electron chi connectivity index (χ1n) is 21.7. The first kappa shape index (κ1) is 42.3. The molecular weight excluding hydrogens is 1220 g/mol. The molecule has 0 unspecified atom stereocenters. The van der Waals surface area contributed by atoms with Crippen molar-refractivity contribution in [2.45, 2.75) is 0 Å². The van der Waals surface area contributed by atoms with Crippen LogP contribution in [0.15, 0.2) is 183 Å². The number of nitrogens with zero attached hydrogens (tertiary/aromatic N) is 8. The molecule has 0 amide bonds. The molecule has 0 aliphatic rings. The van der Waals surface area contributed by atoms with Crippen LogP contribution >= 0.6 is 0 Å². The molecule has 0 fully saturated rings. The van der Waals surface area contributed by atoms with Crippen LogP contribution in [0.2, 0.25) is 0 Å². The first-order chi connectivity index (χ1) is 33.2. The monoisotopic (exact) mass is 1250 g/mol. The van der Waals surface area contributed by atoms with Crippen LogP contribution in [0, 0.1) is 24.3 Å². The van der Waals surface area contributed by atoms with Gasteiger partial charge in [-0.2, -0.15) is 35.0 Å². The number of benzene rings is 8. The normalized spacial score (nSPS) is 11.5. The molecule has 0 atom stereocenters. The van der Waals surface area contributed by atoms with Gasteiger partial charge in [-0.15, -0.1) is 59.3 Å². The Morgan fingerprint density at radius 2 is 0.725 bits per heavy atom. The number of aromatic nitrogens is 8. The molecule has 0 aliphatic carbocycles. The quantitative estimate of drug-likeness (QED) is 0.147. The molecule has 6 aromatic heterocycles. The Kier molecular flexibility index (Phi) is 10.4. The fourth-order valence-electron chi connectivity index (χ4n) is 9.43. The van der Waals surface area contributed by atoms with Crippen LogP contribution < -0.4 is 9.47 Å². The average Bonchev–Trinajstić information content (AvgIpc) is 4.01. The fourth-order valence-corrected chi connectivity index (χ4v) is 9.43. The second-order valence-corrected chi connectivity index (χ2v) is 16.2. The van der Waals surface area contributed by atoms with Gasteiger partial charge in [0.2, 0.25) is 5.95 Å².